The van der Waals surface area contributed by atoms with E-state index in [1.807, 2.05) is 0 Å². The molecule has 2 rings (SSSR count). The van der Waals surface area contributed by atoms with Crippen LogP contribution in [0.15, 0.2) is 29.6 Å². The van der Waals surface area contributed by atoms with Crippen LogP contribution in [-0.4, -0.2) is 28.8 Å². The van der Waals surface area contributed by atoms with Crippen LogP contribution >= 0.6 is 0 Å². The molecule has 0 amide bonds. The number of sulfonamides is 1. The fraction of sp³-hybridized carbons (Fsp3) is 0. The lowest BCUT2D eigenvalue weighted by molar-refractivity contribution is 0.601. The van der Waals surface area contributed by atoms with Gasteiger partial charge in [-0.1, -0.05) is 0 Å². The van der Waals surface area contributed by atoms with Crippen LogP contribution in [0.3, 0.4) is 0 Å². The molecular weight excluding hydrogens is 206 g/mol. The number of nitrogens with zero attached hydrogens (tertiary/aromatic N) is 2. The van der Waals surface area contributed by atoms with Crippen molar-refractivity contribution in [1.29, 1.82) is 0 Å². The van der Waals surface area contributed by atoms with Gasteiger partial charge in [0.05, 0.1) is 12.4 Å². The zero-order chi connectivity index (χ0) is 10.0. The third kappa shape index (κ3) is 1.59. The van der Waals surface area contributed by atoms with Crippen molar-refractivity contribution in [1.82, 2.24) is 20.4 Å². The smallest absolute Gasteiger partial charge is 0.266 e. The molecule has 8 heteroatoms. The maximum absolute atomic E-state index is 11.5. The van der Waals surface area contributed by atoms with E-state index in [0.29, 0.717) is 5.82 Å². The second-order valence-electron chi connectivity index (χ2n) is 2.51. The Balaban J connectivity index is 2.27. The molecule has 3 N–H and O–H groups in total. The minimum Gasteiger partial charge on any atom is -0.284 e. The van der Waals surface area contributed by atoms with Gasteiger partial charge < -0.3 is 0 Å². The quantitative estimate of drug-likeness (QED) is 0.664. The van der Waals surface area contributed by atoms with Crippen molar-refractivity contribution in [3.8, 4) is 0 Å². The Bertz CT molecular complexity index is 486. The fourth-order valence-electron chi connectivity index (χ4n) is 0.902. The number of hydrogen-bond acceptors (Lipinski definition) is 4. The van der Waals surface area contributed by atoms with Crippen molar-refractivity contribution < 1.29 is 8.42 Å². The Morgan fingerprint density at radius 1 is 1.36 bits per heavy atom. The van der Waals surface area contributed by atoms with Crippen LogP contribution in [0.1, 0.15) is 0 Å². The summed E-state index contributed by atoms with van der Waals surface area (Å²) in [5, 5.41) is 12.1. The van der Waals surface area contributed by atoms with Crippen molar-refractivity contribution in [2.75, 3.05) is 4.72 Å². The topological polar surface area (TPSA) is 104 Å². The number of nitrogens with one attached hydrogen (secondary N) is 3. The summed E-state index contributed by atoms with van der Waals surface area (Å²) >= 11 is 0. The summed E-state index contributed by atoms with van der Waals surface area (Å²) in [6.07, 6.45) is 3.96. The minimum atomic E-state index is -3.55. The average molecular weight is 213 g/mol. The number of aromatic amines is 2. The molecule has 0 atom stereocenters. The second-order valence-corrected chi connectivity index (χ2v) is 4.19. The molecule has 0 unspecified atom stereocenters. The van der Waals surface area contributed by atoms with Gasteiger partial charge >= 0.3 is 0 Å². The first kappa shape index (κ1) is 8.75. The molecule has 0 fully saturated rings. The highest BCUT2D eigenvalue weighted by Gasteiger charge is 2.15. The third-order valence-corrected chi connectivity index (χ3v) is 2.86. The number of rotatable bonds is 3. The minimum absolute atomic E-state index is 0.0760. The van der Waals surface area contributed by atoms with Crippen LogP contribution in [0.4, 0.5) is 5.82 Å². The Morgan fingerprint density at radius 3 is 2.79 bits per heavy atom. The summed E-state index contributed by atoms with van der Waals surface area (Å²) in [4.78, 5) is 0.0760. The maximum atomic E-state index is 11.5. The number of anilines is 1. The lowest BCUT2D eigenvalue weighted by Crippen LogP contribution is -2.12. The molecular formula is C6H7N5O2S. The summed E-state index contributed by atoms with van der Waals surface area (Å²) in [5.74, 6) is 0.311. The molecule has 74 valence electrons. The lowest BCUT2D eigenvalue weighted by Gasteiger charge is -2.01. The maximum Gasteiger partial charge on any atom is 0.266 e. The monoisotopic (exact) mass is 213 g/mol. The van der Waals surface area contributed by atoms with Crippen molar-refractivity contribution in [3.63, 3.8) is 0 Å². The molecule has 2 heterocycles. The highest BCUT2D eigenvalue weighted by Crippen LogP contribution is 2.10. The van der Waals surface area contributed by atoms with Gasteiger partial charge in [-0.3, -0.25) is 14.9 Å². The summed E-state index contributed by atoms with van der Waals surface area (Å²) in [6.45, 7) is 0. The van der Waals surface area contributed by atoms with Gasteiger partial charge in [0.15, 0.2) is 0 Å². The Hall–Kier alpha value is -1.83. The van der Waals surface area contributed by atoms with E-state index in [1.165, 1.54) is 24.7 Å². The van der Waals surface area contributed by atoms with Gasteiger partial charge in [-0.2, -0.15) is 10.2 Å². The van der Waals surface area contributed by atoms with Crippen LogP contribution in [0.5, 0.6) is 0 Å². The number of aromatic nitrogens is 4. The molecule has 7 nitrogen and oxygen atoms in total. The molecule has 0 aromatic carbocycles. The normalized spacial score (nSPS) is 11.4. The Labute approximate surface area is 79.6 Å². The average Bonchev–Trinajstić information content (AvgIpc) is 2.71. The summed E-state index contributed by atoms with van der Waals surface area (Å²) in [6, 6.07) is 1.51. The van der Waals surface area contributed by atoms with Gasteiger partial charge in [0, 0.05) is 12.3 Å². The number of hydrogen-bond donors (Lipinski definition) is 3. The third-order valence-electron chi connectivity index (χ3n) is 1.53. The molecule has 0 saturated heterocycles. The Kier molecular flexibility index (Phi) is 1.97. The van der Waals surface area contributed by atoms with Crippen LogP contribution in [0.25, 0.3) is 0 Å². The van der Waals surface area contributed by atoms with Gasteiger partial charge in [-0.05, 0) is 0 Å². The molecule has 0 radical (unpaired) electrons. The van der Waals surface area contributed by atoms with Gasteiger partial charge in [0.2, 0.25) is 0 Å². The predicted octanol–water partition coefficient (Wildman–Crippen LogP) is -0.0664. The molecule has 0 bridgehead atoms. The first-order valence-corrected chi connectivity index (χ1v) is 5.18. The van der Waals surface area contributed by atoms with E-state index in [0.717, 1.165) is 0 Å². The van der Waals surface area contributed by atoms with Gasteiger partial charge in [0.25, 0.3) is 10.0 Å². The molecule has 0 aliphatic rings. The molecule has 0 aliphatic heterocycles. The fourth-order valence-corrected chi connectivity index (χ4v) is 1.82. The van der Waals surface area contributed by atoms with Crippen LogP contribution in [0, 0.1) is 0 Å². The van der Waals surface area contributed by atoms with E-state index in [2.05, 4.69) is 25.1 Å². The van der Waals surface area contributed by atoms with Crippen molar-refractivity contribution in [2.24, 2.45) is 0 Å². The van der Waals surface area contributed by atoms with E-state index < -0.39 is 10.0 Å². The first-order chi connectivity index (χ1) is 6.68. The largest absolute Gasteiger partial charge is 0.284 e. The standard InChI is InChI=1S/C6H7N5O2S/c12-14(13,5-3-8-9-4-5)11-6-1-2-7-10-6/h1-4H,(H,8,9)(H2,7,10,11). The summed E-state index contributed by atoms with van der Waals surface area (Å²) in [5.41, 5.74) is 0. The zero-order valence-corrected chi connectivity index (χ0v) is 7.75. The zero-order valence-electron chi connectivity index (χ0n) is 6.93. The molecule has 14 heavy (non-hydrogen) atoms. The van der Waals surface area contributed by atoms with E-state index in [4.69, 9.17) is 0 Å². The van der Waals surface area contributed by atoms with Crippen LogP contribution < -0.4 is 4.72 Å². The second kappa shape index (κ2) is 3.14. The first-order valence-electron chi connectivity index (χ1n) is 3.69. The molecule has 2 aromatic rings. The predicted molar refractivity (Wildman–Crippen MR) is 48.0 cm³/mol. The summed E-state index contributed by atoms with van der Waals surface area (Å²) in [7, 11) is -3.55. The van der Waals surface area contributed by atoms with E-state index in [1.54, 1.807) is 0 Å². The van der Waals surface area contributed by atoms with Crippen LogP contribution in [-0.2, 0) is 10.0 Å². The summed E-state index contributed by atoms with van der Waals surface area (Å²) < 4.78 is 25.4. The van der Waals surface area contributed by atoms with E-state index in [-0.39, 0.29) is 4.90 Å². The van der Waals surface area contributed by atoms with Crippen molar-refractivity contribution in [3.05, 3.63) is 24.7 Å². The molecule has 2 aromatic heterocycles. The lowest BCUT2D eigenvalue weighted by atomic mass is 10.7. The molecule has 0 spiro atoms. The molecule has 0 aliphatic carbocycles. The van der Waals surface area contributed by atoms with Gasteiger partial charge in [-0.25, -0.2) is 8.42 Å². The van der Waals surface area contributed by atoms with Gasteiger partial charge in [-0.15, -0.1) is 0 Å². The van der Waals surface area contributed by atoms with Gasteiger partial charge in [0.1, 0.15) is 10.7 Å². The number of H-pyrrole nitrogens is 2. The Morgan fingerprint density at radius 2 is 2.21 bits per heavy atom. The van der Waals surface area contributed by atoms with Crippen molar-refractivity contribution in [2.45, 2.75) is 4.90 Å². The van der Waals surface area contributed by atoms with E-state index in [9.17, 15) is 8.42 Å². The van der Waals surface area contributed by atoms with E-state index >= 15 is 0 Å². The highest BCUT2D eigenvalue weighted by molar-refractivity contribution is 7.92. The molecule has 0 saturated carbocycles. The van der Waals surface area contributed by atoms with Crippen LogP contribution in [0.2, 0.25) is 0 Å². The highest BCUT2D eigenvalue weighted by atomic mass is 32.2. The SMILES string of the molecule is O=S(=O)(Nc1ccn[nH]1)c1cn[nH]c1. The van der Waals surface area contributed by atoms with Crippen molar-refractivity contribution >= 4 is 15.8 Å².